The van der Waals surface area contributed by atoms with E-state index < -0.39 is 10.0 Å². The highest BCUT2D eigenvalue weighted by Crippen LogP contribution is 2.21. The molecule has 0 bridgehead atoms. The molecule has 1 aliphatic rings. The van der Waals surface area contributed by atoms with E-state index in [2.05, 4.69) is 14.9 Å². The van der Waals surface area contributed by atoms with Gasteiger partial charge in [0.05, 0.1) is 22.7 Å². The summed E-state index contributed by atoms with van der Waals surface area (Å²) in [5, 5.41) is 0.570. The first-order chi connectivity index (χ1) is 13.9. The first-order valence-electron chi connectivity index (χ1n) is 9.69. The summed E-state index contributed by atoms with van der Waals surface area (Å²) >= 11 is 0. The summed E-state index contributed by atoms with van der Waals surface area (Å²) in [6.07, 6.45) is 0. The van der Waals surface area contributed by atoms with Crippen LogP contribution >= 0.6 is 0 Å². The van der Waals surface area contributed by atoms with Crippen molar-refractivity contribution in [3.8, 4) is 0 Å². The topological polar surface area (TPSA) is 86.4 Å². The minimum Gasteiger partial charge on any atom is -0.309 e. The molecule has 0 unspecified atom stereocenters. The molecule has 1 atom stereocenters. The van der Waals surface area contributed by atoms with Crippen LogP contribution in [-0.2, 0) is 15.8 Å². The lowest BCUT2D eigenvalue weighted by Crippen LogP contribution is -2.49. The van der Waals surface area contributed by atoms with Gasteiger partial charge in [0.25, 0.3) is 5.56 Å². The Balaban J connectivity index is 1.45. The zero-order chi connectivity index (χ0) is 20.4. The fraction of sp³-hybridized carbons (Fsp3) is 0.333. The van der Waals surface area contributed by atoms with Crippen molar-refractivity contribution in [1.29, 1.82) is 0 Å². The average molecular weight is 413 g/mol. The van der Waals surface area contributed by atoms with Crippen LogP contribution in [0.4, 0.5) is 0 Å². The van der Waals surface area contributed by atoms with E-state index in [0.29, 0.717) is 42.9 Å². The third-order valence-corrected chi connectivity index (χ3v) is 7.28. The van der Waals surface area contributed by atoms with E-state index in [-0.39, 0.29) is 17.4 Å². The van der Waals surface area contributed by atoms with E-state index in [1.165, 1.54) is 0 Å². The molecule has 1 N–H and O–H groups in total. The molecule has 0 amide bonds. The molecule has 4 rings (SSSR count). The number of aromatic amines is 1. The van der Waals surface area contributed by atoms with Gasteiger partial charge >= 0.3 is 0 Å². The number of sulfonamides is 1. The molecule has 1 aliphatic heterocycles. The van der Waals surface area contributed by atoms with Crippen LogP contribution in [0.2, 0.25) is 0 Å². The third kappa shape index (κ3) is 4.24. The van der Waals surface area contributed by atoms with Crippen molar-refractivity contribution in [2.45, 2.75) is 18.7 Å². The quantitative estimate of drug-likeness (QED) is 0.694. The van der Waals surface area contributed by atoms with Crippen LogP contribution in [0.3, 0.4) is 0 Å². The molecule has 0 aliphatic carbocycles. The van der Waals surface area contributed by atoms with Gasteiger partial charge in [0.2, 0.25) is 10.0 Å². The standard InChI is InChI=1S/C21H24N4O3S/c1-16(20-22-19-10-6-5-9-18(19)21(26)23-20)24-11-13-25(14-12-24)29(27,28)15-17-7-3-2-4-8-17/h2-10,16H,11-15H2,1H3,(H,22,23,26)/t16-/m0/s1. The van der Waals surface area contributed by atoms with Gasteiger partial charge in [-0.05, 0) is 24.6 Å². The Labute approximate surface area is 170 Å². The second-order valence-corrected chi connectivity index (χ2v) is 9.29. The highest BCUT2D eigenvalue weighted by Gasteiger charge is 2.30. The molecule has 7 nitrogen and oxygen atoms in total. The molecule has 0 radical (unpaired) electrons. The van der Waals surface area contributed by atoms with Crippen molar-refractivity contribution in [2.75, 3.05) is 26.2 Å². The number of nitrogens with zero attached hydrogens (tertiary/aromatic N) is 3. The van der Waals surface area contributed by atoms with Crippen molar-refractivity contribution in [2.24, 2.45) is 0 Å². The van der Waals surface area contributed by atoms with Gasteiger partial charge in [-0.3, -0.25) is 9.69 Å². The number of rotatable bonds is 5. The zero-order valence-electron chi connectivity index (χ0n) is 16.3. The van der Waals surface area contributed by atoms with Crippen LogP contribution in [0.15, 0.2) is 59.4 Å². The second-order valence-electron chi connectivity index (χ2n) is 7.32. The van der Waals surface area contributed by atoms with Crippen molar-refractivity contribution in [1.82, 2.24) is 19.2 Å². The van der Waals surface area contributed by atoms with Gasteiger partial charge in [-0.2, -0.15) is 4.31 Å². The Kier molecular flexibility index (Phi) is 5.49. The second kappa shape index (κ2) is 8.06. The summed E-state index contributed by atoms with van der Waals surface area (Å²) in [7, 11) is -3.35. The van der Waals surface area contributed by atoms with Gasteiger partial charge in [0, 0.05) is 26.2 Å². The van der Waals surface area contributed by atoms with Crippen molar-refractivity contribution in [3.05, 3.63) is 76.3 Å². The maximum absolute atomic E-state index is 12.7. The Morgan fingerprint density at radius 3 is 2.38 bits per heavy atom. The van der Waals surface area contributed by atoms with Gasteiger partial charge in [-0.1, -0.05) is 42.5 Å². The summed E-state index contributed by atoms with van der Waals surface area (Å²) in [5.41, 5.74) is 1.31. The van der Waals surface area contributed by atoms with E-state index in [1.54, 1.807) is 10.4 Å². The third-order valence-electron chi connectivity index (χ3n) is 5.43. The minimum absolute atomic E-state index is 0.0168. The lowest BCUT2D eigenvalue weighted by Gasteiger charge is -2.37. The number of hydrogen-bond donors (Lipinski definition) is 1. The van der Waals surface area contributed by atoms with E-state index in [1.807, 2.05) is 55.5 Å². The molecule has 1 fully saturated rings. The van der Waals surface area contributed by atoms with E-state index in [4.69, 9.17) is 0 Å². The summed E-state index contributed by atoms with van der Waals surface area (Å²) in [6, 6.07) is 16.4. The summed E-state index contributed by atoms with van der Waals surface area (Å²) in [5.74, 6) is 0.623. The lowest BCUT2D eigenvalue weighted by molar-refractivity contribution is 0.141. The predicted molar refractivity (Wildman–Crippen MR) is 113 cm³/mol. The number of benzene rings is 2. The molecule has 152 valence electrons. The Bertz CT molecular complexity index is 1150. The molecule has 1 aromatic heterocycles. The van der Waals surface area contributed by atoms with E-state index in [9.17, 15) is 13.2 Å². The summed E-state index contributed by atoms with van der Waals surface area (Å²) in [4.78, 5) is 22.0. The Morgan fingerprint density at radius 2 is 1.66 bits per heavy atom. The highest BCUT2D eigenvalue weighted by atomic mass is 32.2. The Morgan fingerprint density at radius 1 is 1.00 bits per heavy atom. The highest BCUT2D eigenvalue weighted by molar-refractivity contribution is 7.88. The molecule has 8 heteroatoms. The molecular formula is C21H24N4O3S. The van der Waals surface area contributed by atoms with Gasteiger partial charge < -0.3 is 4.98 Å². The molecule has 0 saturated carbocycles. The Hall–Kier alpha value is -2.55. The fourth-order valence-corrected chi connectivity index (χ4v) is 5.24. The maximum Gasteiger partial charge on any atom is 0.258 e. The SMILES string of the molecule is C[C@@H](c1nc2ccccc2c(=O)[nH]1)N1CCN(S(=O)(=O)Cc2ccccc2)CC1. The number of hydrogen-bond acceptors (Lipinski definition) is 5. The lowest BCUT2D eigenvalue weighted by atomic mass is 10.2. The minimum atomic E-state index is -3.35. The smallest absolute Gasteiger partial charge is 0.258 e. The fourth-order valence-electron chi connectivity index (χ4n) is 3.72. The molecule has 29 heavy (non-hydrogen) atoms. The molecular weight excluding hydrogens is 388 g/mol. The number of nitrogens with one attached hydrogen (secondary N) is 1. The van der Waals surface area contributed by atoms with Gasteiger partial charge in [0.1, 0.15) is 5.82 Å². The molecule has 2 heterocycles. The van der Waals surface area contributed by atoms with Crippen LogP contribution in [0, 0.1) is 0 Å². The normalized spacial score (nSPS) is 17.4. The monoisotopic (exact) mass is 412 g/mol. The number of H-pyrrole nitrogens is 1. The van der Waals surface area contributed by atoms with Gasteiger partial charge in [-0.15, -0.1) is 0 Å². The zero-order valence-corrected chi connectivity index (χ0v) is 17.1. The van der Waals surface area contributed by atoms with Crippen molar-refractivity contribution >= 4 is 20.9 Å². The van der Waals surface area contributed by atoms with Crippen LogP contribution < -0.4 is 5.56 Å². The number of piperazine rings is 1. The van der Waals surface area contributed by atoms with Gasteiger partial charge in [-0.25, -0.2) is 13.4 Å². The molecule has 0 spiro atoms. The number of para-hydroxylation sites is 1. The predicted octanol–water partition coefficient (Wildman–Crippen LogP) is 2.13. The molecule has 3 aromatic rings. The molecule has 2 aromatic carbocycles. The van der Waals surface area contributed by atoms with E-state index >= 15 is 0 Å². The van der Waals surface area contributed by atoms with E-state index in [0.717, 1.165) is 5.56 Å². The number of fused-ring (bicyclic) bond motifs is 1. The van der Waals surface area contributed by atoms with Crippen LogP contribution in [-0.4, -0.2) is 53.8 Å². The average Bonchev–Trinajstić information content (AvgIpc) is 2.74. The van der Waals surface area contributed by atoms with Crippen LogP contribution in [0.1, 0.15) is 24.4 Å². The summed E-state index contributed by atoms with van der Waals surface area (Å²) < 4.78 is 27.0. The largest absolute Gasteiger partial charge is 0.309 e. The maximum atomic E-state index is 12.7. The van der Waals surface area contributed by atoms with Gasteiger partial charge in [0.15, 0.2) is 0 Å². The number of aromatic nitrogens is 2. The van der Waals surface area contributed by atoms with Crippen LogP contribution in [0.25, 0.3) is 10.9 Å². The van der Waals surface area contributed by atoms with Crippen molar-refractivity contribution < 1.29 is 8.42 Å². The molecule has 1 saturated heterocycles. The van der Waals surface area contributed by atoms with Crippen LogP contribution in [0.5, 0.6) is 0 Å². The first-order valence-corrected chi connectivity index (χ1v) is 11.3. The van der Waals surface area contributed by atoms with Crippen molar-refractivity contribution in [3.63, 3.8) is 0 Å². The summed E-state index contributed by atoms with van der Waals surface area (Å²) in [6.45, 7) is 4.02. The first kappa shape index (κ1) is 19.8.